The van der Waals surface area contributed by atoms with Gasteiger partial charge in [0.05, 0.1) is 6.10 Å². The zero-order chi connectivity index (χ0) is 13.7. The van der Waals surface area contributed by atoms with Crippen molar-refractivity contribution in [3.63, 3.8) is 0 Å². The van der Waals surface area contributed by atoms with Crippen LogP contribution in [0.5, 0.6) is 5.75 Å². The van der Waals surface area contributed by atoms with Gasteiger partial charge in [-0.05, 0) is 53.5 Å². The highest BCUT2D eigenvalue weighted by Crippen LogP contribution is 2.22. The van der Waals surface area contributed by atoms with Crippen LogP contribution in [0, 0.1) is 0 Å². The third kappa shape index (κ3) is 4.24. The molecule has 1 unspecified atom stereocenters. The van der Waals surface area contributed by atoms with Crippen molar-refractivity contribution in [1.29, 1.82) is 0 Å². The Morgan fingerprint density at radius 2 is 2.16 bits per heavy atom. The maximum atomic E-state index is 5.79. The minimum Gasteiger partial charge on any atom is -0.491 e. The van der Waals surface area contributed by atoms with Crippen molar-refractivity contribution < 1.29 is 4.74 Å². The standard InChI is InChI=1S/C15H17BrN2O/c1-3-11(2)19-14-6-4-5-13(9-14)18-15-8-7-12(16)10-17-15/h4-11H,3H2,1-2H3,(H,17,18). The van der Waals surface area contributed by atoms with Gasteiger partial charge in [0.15, 0.2) is 0 Å². The van der Waals surface area contributed by atoms with Crippen molar-refractivity contribution in [2.24, 2.45) is 0 Å². The van der Waals surface area contributed by atoms with Gasteiger partial charge in [0.2, 0.25) is 0 Å². The summed E-state index contributed by atoms with van der Waals surface area (Å²) >= 11 is 3.37. The molecule has 0 amide bonds. The van der Waals surface area contributed by atoms with Crippen LogP contribution < -0.4 is 10.1 Å². The quantitative estimate of drug-likeness (QED) is 0.862. The molecule has 1 aromatic heterocycles. The Bertz CT molecular complexity index is 528. The van der Waals surface area contributed by atoms with Crippen LogP contribution in [0.25, 0.3) is 0 Å². The third-order valence-electron chi connectivity index (χ3n) is 2.75. The van der Waals surface area contributed by atoms with E-state index in [2.05, 4.69) is 40.1 Å². The van der Waals surface area contributed by atoms with Crippen molar-refractivity contribution in [3.05, 3.63) is 47.1 Å². The molecule has 0 saturated carbocycles. The molecule has 0 radical (unpaired) electrons. The molecule has 0 bridgehead atoms. The van der Waals surface area contributed by atoms with Crippen LogP contribution in [-0.4, -0.2) is 11.1 Å². The second-order valence-electron chi connectivity index (χ2n) is 4.35. The van der Waals surface area contributed by atoms with Gasteiger partial charge in [-0.1, -0.05) is 13.0 Å². The van der Waals surface area contributed by atoms with Gasteiger partial charge in [0.1, 0.15) is 11.6 Å². The third-order valence-corrected chi connectivity index (χ3v) is 3.22. The van der Waals surface area contributed by atoms with Gasteiger partial charge in [-0.3, -0.25) is 0 Å². The average Bonchev–Trinajstić information content (AvgIpc) is 2.42. The van der Waals surface area contributed by atoms with Gasteiger partial charge in [0, 0.05) is 22.4 Å². The molecule has 0 aliphatic rings. The number of hydrogen-bond donors (Lipinski definition) is 1. The van der Waals surface area contributed by atoms with E-state index in [0.29, 0.717) is 0 Å². The number of nitrogens with zero attached hydrogens (tertiary/aromatic N) is 1. The molecule has 4 heteroatoms. The number of halogens is 1. The first-order chi connectivity index (χ1) is 9.17. The Labute approximate surface area is 122 Å². The predicted octanol–water partition coefficient (Wildman–Crippen LogP) is 4.77. The van der Waals surface area contributed by atoms with Crippen LogP contribution in [0.3, 0.4) is 0 Å². The van der Waals surface area contributed by atoms with Crippen molar-refractivity contribution in [1.82, 2.24) is 4.98 Å². The Morgan fingerprint density at radius 1 is 1.32 bits per heavy atom. The molecule has 0 spiro atoms. The van der Waals surface area contributed by atoms with Gasteiger partial charge in [-0.25, -0.2) is 4.98 Å². The summed E-state index contributed by atoms with van der Waals surface area (Å²) in [5, 5.41) is 3.25. The zero-order valence-corrected chi connectivity index (χ0v) is 12.6. The first-order valence-corrected chi connectivity index (χ1v) is 7.12. The summed E-state index contributed by atoms with van der Waals surface area (Å²) in [4.78, 5) is 4.28. The van der Waals surface area contributed by atoms with E-state index in [0.717, 1.165) is 28.1 Å². The molecule has 19 heavy (non-hydrogen) atoms. The number of pyridine rings is 1. The summed E-state index contributed by atoms with van der Waals surface area (Å²) in [6.07, 6.45) is 2.98. The second kappa shape index (κ2) is 6.57. The average molecular weight is 321 g/mol. The minimum absolute atomic E-state index is 0.223. The lowest BCUT2D eigenvalue weighted by Crippen LogP contribution is -2.09. The molecule has 0 saturated heterocycles. The van der Waals surface area contributed by atoms with Crippen LogP contribution in [-0.2, 0) is 0 Å². The van der Waals surface area contributed by atoms with E-state index in [1.807, 2.05) is 36.4 Å². The van der Waals surface area contributed by atoms with Crippen molar-refractivity contribution in [2.75, 3.05) is 5.32 Å². The molecule has 3 nitrogen and oxygen atoms in total. The predicted molar refractivity (Wildman–Crippen MR) is 82.0 cm³/mol. The van der Waals surface area contributed by atoms with Gasteiger partial charge < -0.3 is 10.1 Å². The van der Waals surface area contributed by atoms with E-state index in [4.69, 9.17) is 4.74 Å². The van der Waals surface area contributed by atoms with E-state index in [9.17, 15) is 0 Å². The Balaban J connectivity index is 2.08. The first kappa shape index (κ1) is 13.9. The fraction of sp³-hybridized carbons (Fsp3) is 0.267. The number of nitrogens with one attached hydrogen (secondary N) is 1. The molecule has 1 N–H and O–H groups in total. The summed E-state index contributed by atoms with van der Waals surface area (Å²) < 4.78 is 6.76. The topological polar surface area (TPSA) is 34.1 Å². The van der Waals surface area contributed by atoms with Crippen LogP contribution in [0.15, 0.2) is 47.1 Å². The smallest absolute Gasteiger partial charge is 0.130 e. The maximum Gasteiger partial charge on any atom is 0.130 e. The van der Waals surface area contributed by atoms with Crippen molar-refractivity contribution in [2.45, 2.75) is 26.4 Å². The molecule has 0 aliphatic heterocycles. The number of hydrogen-bond acceptors (Lipinski definition) is 3. The maximum absolute atomic E-state index is 5.79. The van der Waals surface area contributed by atoms with E-state index in [1.165, 1.54) is 0 Å². The van der Waals surface area contributed by atoms with E-state index < -0.39 is 0 Å². The lowest BCUT2D eigenvalue weighted by atomic mass is 10.2. The molecule has 100 valence electrons. The van der Waals surface area contributed by atoms with Gasteiger partial charge >= 0.3 is 0 Å². The largest absolute Gasteiger partial charge is 0.491 e. The van der Waals surface area contributed by atoms with Crippen LogP contribution in [0.1, 0.15) is 20.3 Å². The molecule has 0 aliphatic carbocycles. The summed E-state index contributed by atoms with van der Waals surface area (Å²) in [6.45, 7) is 4.18. The number of aromatic nitrogens is 1. The summed E-state index contributed by atoms with van der Waals surface area (Å²) in [7, 11) is 0. The summed E-state index contributed by atoms with van der Waals surface area (Å²) in [6, 6.07) is 11.8. The number of benzene rings is 1. The molecule has 2 aromatic rings. The fourth-order valence-corrected chi connectivity index (χ4v) is 1.79. The van der Waals surface area contributed by atoms with E-state index in [-0.39, 0.29) is 6.10 Å². The molecule has 0 fully saturated rings. The molecule has 1 heterocycles. The summed E-state index contributed by atoms with van der Waals surface area (Å²) in [5.74, 6) is 1.68. The zero-order valence-electron chi connectivity index (χ0n) is 11.1. The number of rotatable bonds is 5. The molecule has 1 aromatic carbocycles. The molecular weight excluding hydrogens is 304 g/mol. The van der Waals surface area contributed by atoms with Crippen molar-refractivity contribution >= 4 is 27.4 Å². The van der Waals surface area contributed by atoms with Gasteiger partial charge in [-0.2, -0.15) is 0 Å². The minimum atomic E-state index is 0.223. The van der Waals surface area contributed by atoms with Gasteiger partial charge in [0.25, 0.3) is 0 Å². The van der Waals surface area contributed by atoms with E-state index in [1.54, 1.807) is 6.20 Å². The number of anilines is 2. The fourth-order valence-electron chi connectivity index (χ4n) is 1.56. The monoisotopic (exact) mass is 320 g/mol. The van der Waals surface area contributed by atoms with Gasteiger partial charge in [-0.15, -0.1) is 0 Å². The van der Waals surface area contributed by atoms with E-state index >= 15 is 0 Å². The Hall–Kier alpha value is -1.55. The molecule has 1 atom stereocenters. The van der Waals surface area contributed by atoms with Crippen LogP contribution in [0.2, 0.25) is 0 Å². The first-order valence-electron chi connectivity index (χ1n) is 6.32. The normalized spacial score (nSPS) is 11.9. The SMILES string of the molecule is CCC(C)Oc1cccc(Nc2ccc(Br)cn2)c1. The highest BCUT2D eigenvalue weighted by Gasteiger charge is 2.02. The number of ether oxygens (including phenoxy) is 1. The lowest BCUT2D eigenvalue weighted by Gasteiger charge is -2.13. The lowest BCUT2D eigenvalue weighted by molar-refractivity contribution is 0.217. The Kier molecular flexibility index (Phi) is 4.80. The molecule has 2 rings (SSSR count). The highest BCUT2D eigenvalue weighted by atomic mass is 79.9. The van der Waals surface area contributed by atoms with Crippen molar-refractivity contribution in [3.8, 4) is 5.75 Å². The molecular formula is C15H17BrN2O. The van der Waals surface area contributed by atoms with Crippen LogP contribution >= 0.6 is 15.9 Å². The highest BCUT2D eigenvalue weighted by molar-refractivity contribution is 9.10. The van der Waals surface area contributed by atoms with Crippen LogP contribution in [0.4, 0.5) is 11.5 Å². The summed E-state index contributed by atoms with van der Waals surface area (Å²) in [5.41, 5.74) is 0.968. The Morgan fingerprint density at radius 3 is 2.84 bits per heavy atom. The second-order valence-corrected chi connectivity index (χ2v) is 5.27.